The molecule has 0 atom stereocenters. The number of amides is 2. The smallest absolute Gasteiger partial charge is 0.329 e. The first-order valence-electron chi connectivity index (χ1n) is 7.02. The maximum absolute atomic E-state index is 12.8. The molecule has 3 rings (SSSR count). The van der Waals surface area contributed by atoms with Gasteiger partial charge in [-0.3, -0.25) is 9.59 Å². The summed E-state index contributed by atoms with van der Waals surface area (Å²) in [6.45, 7) is 0.142. The first kappa shape index (κ1) is 16.9. The lowest BCUT2D eigenvalue weighted by atomic mass is 10.2. The number of hydrogen-bond acceptors (Lipinski definition) is 5. The molecule has 1 aliphatic rings. The molecule has 128 valence electrons. The number of rotatable bonds is 3. The lowest BCUT2D eigenvalue weighted by molar-refractivity contribution is -0.136. The number of benzene rings is 2. The van der Waals surface area contributed by atoms with Gasteiger partial charge in [0.05, 0.1) is 6.21 Å². The van der Waals surface area contributed by atoms with Crippen LogP contribution in [0.4, 0.5) is 10.1 Å². The quantitative estimate of drug-likeness (QED) is 0.464. The molecule has 2 aromatic rings. The van der Waals surface area contributed by atoms with Crippen LogP contribution in [0, 0.1) is 5.82 Å². The lowest BCUT2D eigenvalue weighted by Crippen LogP contribution is -2.32. The van der Waals surface area contributed by atoms with Gasteiger partial charge in [0.15, 0.2) is 11.5 Å². The van der Waals surface area contributed by atoms with E-state index in [1.54, 1.807) is 12.1 Å². The molecule has 0 aromatic heterocycles. The number of anilines is 1. The third kappa shape index (κ3) is 4.13. The summed E-state index contributed by atoms with van der Waals surface area (Å²) in [6.07, 6.45) is 1.36. The molecule has 2 aromatic carbocycles. The Morgan fingerprint density at radius 2 is 1.80 bits per heavy atom. The third-order valence-electron chi connectivity index (χ3n) is 3.17. The summed E-state index contributed by atoms with van der Waals surface area (Å²) >= 11 is 3.35. The number of hydrogen-bond donors (Lipinski definition) is 2. The molecule has 1 heterocycles. The highest BCUT2D eigenvalue weighted by atomic mass is 79.9. The summed E-state index contributed by atoms with van der Waals surface area (Å²) in [5.41, 5.74) is 3.03. The van der Waals surface area contributed by atoms with Crippen LogP contribution < -0.4 is 20.2 Å². The molecule has 25 heavy (non-hydrogen) atoms. The normalized spacial score (nSPS) is 12.2. The number of carbonyl (C=O) groups excluding carboxylic acids is 2. The molecule has 0 aliphatic carbocycles. The van der Waals surface area contributed by atoms with Crippen molar-refractivity contribution >= 4 is 39.6 Å². The van der Waals surface area contributed by atoms with Crippen molar-refractivity contribution in [3.05, 3.63) is 52.3 Å². The minimum absolute atomic E-state index is 0.142. The maximum atomic E-state index is 12.8. The van der Waals surface area contributed by atoms with Crippen molar-refractivity contribution in [1.29, 1.82) is 0 Å². The first-order chi connectivity index (χ1) is 12.0. The largest absolute Gasteiger partial charge is 0.454 e. The van der Waals surface area contributed by atoms with E-state index in [4.69, 9.17) is 9.47 Å². The minimum atomic E-state index is -0.961. The number of nitrogens with one attached hydrogen (secondary N) is 2. The Bertz CT molecular complexity index is 855. The molecule has 0 spiro atoms. The van der Waals surface area contributed by atoms with Crippen LogP contribution in [-0.4, -0.2) is 24.8 Å². The highest BCUT2D eigenvalue weighted by Crippen LogP contribution is 2.36. The van der Waals surface area contributed by atoms with Gasteiger partial charge >= 0.3 is 11.8 Å². The van der Waals surface area contributed by atoms with E-state index in [1.165, 1.54) is 30.5 Å². The Kier molecular flexibility index (Phi) is 4.94. The standard InChI is InChI=1S/C16H11BrFN3O4/c17-12-6-14-13(24-8-25-14)5-9(12)7-19-21-16(23)15(22)20-11-3-1-10(18)2-4-11/h1-7H,8H2,(H,20,22)(H,21,23)/b19-7-. The van der Waals surface area contributed by atoms with E-state index in [2.05, 4.69) is 31.8 Å². The summed E-state index contributed by atoms with van der Waals surface area (Å²) < 4.78 is 24.0. The van der Waals surface area contributed by atoms with Crippen molar-refractivity contribution in [2.45, 2.75) is 0 Å². The molecule has 2 N–H and O–H groups in total. The topological polar surface area (TPSA) is 89.0 Å². The Labute approximate surface area is 149 Å². The minimum Gasteiger partial charge on any atom is -0.454 e. The van der Waals surface area contributed by atoms with E-state index >= 15 is 0 Å². The predicted molar refractivity (Wildman–Crippen MR) is 91.0 cm³/mol. The van der Waals surface area contributed by atoms with Gasteiger partial charge in [0, 0.05) is 15.7 Å². The lowest BCUT2D eigenvalue weighted by Gasteiger charge is -2.04. The number of hydrazone groups is 1. The van der Waals surface area contributed by atoms with Crippen molar-refractivity contribution in [2.24, 2.45) is 5.10 Å². The van der Waals surface area contributed by atoms with E-state index in [-0.39, 0.29) is 6.79 Å². The highest BCUT2D eigenvalue weighted by molar-refractivity contribution is 9.10. The van der Waals surface area contributed by atoms with Crippen LogP contribution in [0.25, 0.3) is 0 Å². The van der Waals surface area contributed by atoms with Gasteiger partial charge < -0.3 is 14.8 Å². The molecular formula is C16H11BrFN3O4. The number of ether oxygens (including phenoxy) is 2. The average Bonchev–Trinajstić information content (AvgIpc) is 3.04. The summed E-state index contributed by atoms with van der Waals surface area (Å²) in [5, 5.41) is 6.06. The van der Waals surface area contributed by atoms with Crippen molar-refractivity contribution in [3.8, 4) is 11.5 Å². The van der Waals surface area contributed by atoms with E-state index < -0.39 is 17.6 Å². The highest BCUT2D eigenvalue weighted by Gasteiger charge is 2.16. The monoisotopic (exact) mass is 407 g/mol. The van der Waals surface area contributed by atoms with Crippen LogP contribution in [0.15, 0.2) is 46.0 Å². The van der Waals surface area contributed by atoms with Crippen LogP contribution in [0.5, 0.6) is 11.5 Å². The Balaban J connectivity index is 1.59. The van der Waals surface area contributed by atoms with Gasteiger partial charge in [0.25, 0.3) is 0 Å². The molecule has 0 radical (unpaired) electrons. The molecule has 0 fully saturated rings. The fourth-order valence-electron chi connectivity index (χ4n) is 1.96. The molecule has 7 nitrogen and oxygen atoms in total. The molecule has 0 bridgehead atoms. The van der Waals surface area contributed by atoms with Crippen molar-refractivity contribution in [2.75, 3.05) is 12.1 Å². The van der Waals surface area contributed by atoms with E-state index in [0.717, 1.165) is 0 Å². The first-order valence-corrected chi connectivity index (χ1v) is 7.81. The van der Waals surface area contributed by atoms with Gasteiger partial charge in [-0.15, -0.1) is 0 Å². The van der Waals surface area contributed by atoms with Gasteiger partial charge in [-0.2, -0.15) is 5.10 Å². The predicted octanol–water partition coefficient (Wildman–Crippen LogP) is 2.41. The molecule has 0 saturated carbocycles. The van der Waals surface area contributed by atoms with E-state index in [1.807, 2.05) is 0 Å². The van der Waals surface area contributed by atoms with Crippen molar-refractivity contribution in [1.82, 2.24) is 5.43 Å². The summed E-state index contributed by atoms with van der Waals surface area (Å²) in [7, 11) is 0. The summed E-state index contributed by atoms with van der Waals surface area (Å²) in [6, 6.07) is 8.42. The van der Waals surface area contributed by atoms with Crippen LogP contribution in [-0.2, 0) is 9.59 Å². The van der Waals surface area contributed by atoms with E-state index in [9.17, 15) is 14.0 Å². The average molecular weight is 408 g/mol. The molecule has 0 saturated heterocycles. The summed E-state index contributed by atoms with van der Waals surface area (Å²) in [4.78, 5) is 23.4. The second kappa shape index (κ2) is 7.31. The van der Waals surface area contributed by atoms with Gasteiger partial charge in [-0.25, -0.2) is 9.82 Å². The fraction of sp³-hybridized carbons (Fsp3) is 0.0625. The van der Waals surface area contributed by atoms with Crippen LogP contribution in [0.2, 0.25) is 0 Å². The second-order valence-electron chi connectivity index (χ2n) is 4.89. The zero-order chi connectivity index (χ0) is 17.8. The fourth-order valence-corrected chi connectivity index (χ4v) is 2.39. The molecule has 1 aliphatic heterocycles. The zero-order valence-corrected chi connectivity index (χ0v) is 14.2. The van der Waals surface area contributed by atoms with Gasteiger partial charge in [-0.1, -0.05) is 0 Å². The SMILES string of the molecule is O=C(N/N=C\c1cc2c(cc1Br)OCO2)C(=O)Nc1ccc(F)cc1. The molecule has 9 heteroatoms. The molecule has 0 unspecified atom stereocenters. The number of carbonyl (C=O) groups is 2. The van der Waals surface area contributed by atoms with Crippen LogP contribution in [0.3, 0.4) is 0 Å². The summed E-state index contributed by atoms with van der Waals surface area (Å²) in [5.74, 6) is -1.16. The van der Waals surface area contributed by atoms with Crippen LogP contribution in [0.1, 0.15) is 5.56 Å². The Hall–Kier alpha value is -2.94. The number of nitrogens with zero attached hydrogens (tertiary/aromatic N) is 1. The maximum Gasteiger partial charge on any atom is 0.329 e. The molecule has 2 amide bonds. The Morgan fingerprint density at radius 3 is 2.52 bits per heavy atom. The van der Waals surface area contributed by atoms with Crippen LogP contribution >= 0.6 is 15.9 Å². The van der Waals surface area contributed by atoms with Crippen molar-refractivity contribution < 1.29 is 23.5 Å². The Morgan fingerprint density at radius 1 is 1.12 bits per heavy atom. The number of halogens is 2. The van der Waals surface area contributed by atoms with Gasteiger partial charge in [0.1, 0.15) is 5.82 Å². The van der Waals surface area contributed by atoms with Gasteiger partial charge in [-0.05, 0) is 52.3 Å². The molecular weight excluding hydrogens is 397 g/mol. The van der Waals surface area contributed by atoms with Gasteiger partial charge in [0.2, 0.25) is 6.79 Å². The van der Waals surface area contributed by atoms with Crippen molar-refractivity contribution in [3.63, 3.8) is 0 Å². The number of fused-ring (bicyclic) bond motifs is 1. The zero-order valence-electron chi connectivity index (χ0n) is 12.6. The second-order valence-corrected chi connectivity index (χ2v) is 5.74. The van der Waals surface area contributed by atoms with E-state index in [0.29, 0.717) is 27.2 Å². The third-order valence-corrected chi connectivity index (χ3v) is 3.86.